The summed E-state index contributed by atoms with van der Waals surface area (Å²) in [5.41, 5.74) is 15.3. The van der Waals surface area contributed by atoms with E-state index in [0.29, 0.717) is 22.5 Å². The van der Waals surface area contributed by atoms with Gasteiger partial charge in [0.15, 0.2) is 0 Å². The molecule has 16 heteroatoms. The molecule has 7 aromatic heterocycles. The summed E-state index contributed by atoms with van der Waals surface area (Å²) in [7, 11) is 3.54. The van der Waals surface area contributed by atoms with E-state index in [1.54, 1.807) is 66.6 Å². The Hall–Kier alpha value is -8.27. The number of carbonyl (C=O) groups excluding carboxylic acids is 2. The number of fused-ring (bicyclic) bond motifs is 2. The van der Waals surface area contributed by atoms with Gasteiger partial charge in [0.25, 0.3) is 11.1 Å². The molecule has 306 valence electrons. The number of carbonyl (C=O) groups is 2. The number of aromatic nitrogens is 10. The van der Waals surface area contributed by atoms with E-state index in [1.807, 2.05) is 88.4 Å². The molecule has 0 fully saturated rings. The first kappa shape index (κ1) is 40.9. The van der Waals surface area contributed by atoms with Crippen molar-refractivity contribution in [1.82, 2.24) is 47.8 Å². The van der Waals surface area contributed by atoms with Gasteiger partial charge in [0.1, 0.15) is 19.0 Å². The number of nitrogens with two attached hydrogens (primary N) is 1. The third kappa shape index (κ3) is 8.78. The molecule has 0 unspecified atom stereocenters. The summed E-state index contributed by atoms with van der Waals surface area (Å²) in [6, 6.07) is 18.2. The van der Waals surface area contributed by atoms with Crippen molar-refractivity contribution in [2.75, 3.05) is 11.1 Å². The fourth-order valence-corrected chi connectivity index (χ4v) is 6.68. The molecule has 0 atom stereocenters. The van der Waals surface area contributed by atoms with Gasteiger partial charge in [0.05, 0.1) is 11.0 Å². The Morgan fingerprint density at radius 2 is 1.03 bits per heavy atom. The van der Waals surface area contributed by atoms with Gasteiger partial charge in [-0.05, 0) is 98.5 Å². The van der Waals surface area contributed by atoms with Crippen LogP contribution in [-0.4, -0.2) is 59.8 Å². The molecule has 2 aromatic carbocycles. The number of hydrogen-bond acceptors (Lipinski definition) is 10. The molecule has 9 aromatic rings. The molecule has 1 amide bonds. The van der Waals surface area contributed by atoms with Crippen LogP contribution in [0.4, 0.5) is 21.0 Å². The highest BCUT2D eigenvalue weighted by atomic mass is 16.2. The number of hydrogen-bond donors (Lipinski definition) is 2. The number of anilines is 2. The third-order valence-electron chi connectivity index (χ3n) is 10.0. The van der Waals surface area contributed by atoms with Crippen molar-refractivity contribution in [3.63, 3.8) is 0 Å². The largest absolute Gasteiger partial charge is 0.399 e. The van der Waals surface area contributed by atoms with Crippen LogP contribution in [0.25, 0.3) is 44.1 Å². The first-order valence-electron chi connectivity index (χ1n) is 19.0. The highest BCUT2D eigenvalue weighted by molar-refractivity contribution is 5.92. The zero-order chi connectivity index (χ0) is 43.4. The molecular weight excluding hydrogens is 773 g/mol. The van der Waals surface area contributed by atoms with Crippen molar-refractivity contribution in [2.45, 2.75) is 27.7 Å². The lowest BCUT2D eigenvalue weighted by Crippen LogP contribution is -2.20. The second-order valence-electron chi connectivity index (χ2n) is 14.3. The topological polar surface area (TPSA) is 195 Å². The minimum Gasteiger partial charge on any atom is -0.399 e. The highest BCUT2D eigenvalue weighted by Gasteiger charge is 2.15. The normalized spacial score (nSPS) is 10.8. The van der Waals surface area contributed by atoms with Crippen molar-refractivity contribution in [3.05, 3.63) is 172 Å². The van der Waals surface area contributed by atoms with E-state index in [9.17, 15) is 19.2 Å². The number of nitrogen functional groups attached to an aromatic ring is 1. The van der Waals surface area contributed by atoms with Gasteiger partial charge in [0, 0.05) is 108 Å². The smallest absolute Gasteiger partial charge is 0.338 e. The Balaban J connectivity index is 0.000000149. The summed E-state index contributed by atoms with van der Waals surface area (Å²) in [5, 5.41) is 4.65. The van der Waals surface area contributed by atoms with Gasteiger partial charge >= 0.3 is 12.1 Å². The predicted molar refractivity (Wildman–Crippen MR) is 235 cm³/mol. The molecule has 0 radical (unpaired) electrons. The number of pyridine rings is 4. The molecule has 0 spiro atoms. The van der Waals surface area contributed by atoms with Gasteiger partial charge in [-0.15, -0.1) is 0 Å². The van der Waals surface area contributed by atoms with Crippen LogP contribution in [0.2, 0.25) is 0 Å². The number of nitrogens with zero attached hydrogens (tertiary/aromatic N) is 10. The Kier molecular flexibility index (Phi) is 11.6. The van der Waals surface area contributed by atoms with E-state index in [-0.39, 0.29) is 23.2 Å². The second-order valence-corrected chi connectivity index (χ2v) is 14.3. The molecule has 16 nitrogen and oxygen atoms in total. The zero-order valence-electron chi connectivity index (χ0n) is 34.3. The molecule has 0 aliphatic rings. The number of benzene rings is 2. The maximum Gasteiger partial charge on any atom is 0.338 e. The Morgan fingerprint density at radius 1 is 0.574 bits per heavy atom. The third-order valence-corrected chi connectivity index (χ3v) is 10.0. The van der Waals surface area contributed by atoms with Crippen LogP contribution >= 0.6 is 0 Å². The average molecular weight is 815 g/mol. The standard InChI is InChI=1S/C21H19N5O2.C17H17N3O.C7H6N4O/c1-13-4-5-16(24-21(28)26-7-6-22-12-26)10-17(13)18-9-15-11-23-14(2)8-19(15)25(3)20(18)27;1-10-4-5-13(18)8-14(10)15-7-12-9-19-11(2)6-16(12)20(3)17(15)21;12-7(10-3-1-8-5-10)11-4-2-9-6-11/h4-12H,1-3H3,(H,24,28);4-9H,18H2,1-3H3;1-6H. The number of rotatable bonds is 3. The molecule has 7 heterocycles. The summed E-state index contributed by atoms with van der Waals surface area (Å²) in [5.74, 6) is 0. The molecule has 0 saturated carbocycles. The first-order valence-corrected chi connectivity index (χ1v) is 19.0. The quantitative estimate of drug-likeness (QED) is 0.177. The van der Waals surface area contributed by atoms with Crippen LogP contribution in [0.1, 0.15) is 22.5 Å². The summed E-state index contributed by atoms with van der Waals surface area (Å²) in [4.78, 5) is 69.4. The lowest BCUT2D eigenvalue weighted by Gasteiger charge is -2.13. The van der Waals surface area contributed by atoms with Crippen LogP contribution in [0.15, 0.2) is 139 Å². The van der Waals surface area contributed by atoms with Gasteiger partial charge in [-0.1, -0.05) is 12.1 Å². The van der Waals surface area contributed by atoms with E-state index in [1.165, 1.54) is 38.9 Å². The maximum atomic E-state index is 13.0. The fraction of sp³-hybridized carbons (Fsp3) is 0.133. The zero-order valence-corrected chi connectivity index (χ0v) is 34.3. The van der Waals surface area contributed by atoms with E-state index >= 15 is 0 Å². The SMILES string of the molecule is Cc1cc2c(cn1)cc(-c1cc(N)ccc1C)c(=O)n2C.Cc1cc2c(cn1)cc(-c1cc(NC(=O)n3ccnc3)ccc1C)c(=O)n2C.O=C(n1ccnc1)n1ccnc1. The van der Waals surface area contributed by atoms with E-state index < -0.39 is 0 Å². The van der Waals surface area contributed by atoms with E-state index in [0.717, 1.165) is 55.4 Å². The Morgan fingerprint density at radius 3 is 1.51 bits per heavy atom. The molecule has 3 N–H and O–H groups in total. The maximum absolute atomic E-state index is 13.0. The van der Waals surface area contributed by atoms with Crippen LogP contribution in [-0.2, 0) is 14.1 Å². The molecule has 0 aliphatic carbocycles. The lowest BCUT2D eigenvalue weighted by molar-refractivity contribution is 0.243. The van der Waals surface area contributed by atoms with Crippen molar-refractivity contribution in [2.24, 2.45) is 14.1 Å². The molecule has 61 heavy (non-hydrogen) atoms. The summed E-state index contributed by atoms with van der Waals surface area (Å²) in [6.45, 7) is 7.73. The minimum absolute atomic E-state index is 0.0261. The molecular formula is C45H42N12O4. The van der Waals surface area contributed by atoms with Gasteiger partial charge in [-0.2, -0.15) is 0 Å². The predicted octanol–water partition coefficient (Wildman–Crippen LogP) is 6.89. The van der Waals surface area contributed by atoms with Crippen molar-refractivity contribution < 1.29 is 9.59 Å². The van der Waals surface area contributed by atoms with Gasteiger partial charge in [0.2, 0.25) is 0 Å². The highest BCUT2D eigenvalue weighted by Crippen LogP contribution is 2.28. The molecule has 0 aliphatic heterocycles. The number of amides is 1. The first-order chi connectivity index (χ1) is 29.3. The monoisotopic (exact) mass is 814 g/mol. The summed E-state index contributed by atoms with van der Waals surface area (Å²) < 4.78 is 7.41. The lowest BCUT2D eigenvalue weighted by atomic mass is 9.99. The minimum atomic E-state index is -0.321. The molecule has 0 saturated heterocycles. The van der Waals surface area contributed by atoms with Gasteiger partial charge < -0.3 is 20.2 Å². The van der Waals surface area contributed by atoms with Crippen molar-refractivity contribution in [3.8, 4) is 22.3 Å². The average Bonchev–Trinajstić information content (AvgIpc) is 4.09. The number of imidazole rings is 3. The van der Waals surface area contributed by atoms with E-state index in [2.05, 4.69) is 30.2 Å². The van der Waals surface area contributed by atoms with Gasteiger partial charge in [-0.25, -0.2) is 24.5 Å². The van der Waals surface area contributed by atoms with Gasteiger partial charge in [-0.3, -0.25) is 33.3 Å². The molecule has 0 bridgehead atoms. The molecule has 9 rings (SSSR count). The number of nitrogens with one attached hydrogen (secondary N) is 1. The van der Waals surface area contributed by atoms with Crippen molar-refractivity contribution in [1.29, 1.82) is 0 Å². The summed E-state index contributed by atoms with van der Waals surface area (Å²) in [6.07, 6.45) is 17.3. The van der Waals surface area contributed by atoms with Crippen LogP contribution in [0.3, 0.4) is 0 Å². The van der Waals surface area contributed by atoms with Crippen LogP contribution in [0, 0.1) is 27.7 Å². The van der Waals surface area contributed by atoms with E-state index in [4.69, 9.17) is 5.73 Å². The summed E-state index contributed by atoms with van der Waals surface area (Å²) >= 11 is 0. The second kappa shape index (κ2) is 17.3. The van der Waals surface area contributed by atoms with Crippen LogP contribution < -0.4 is 22.2 Å². The Bertz CT molecular complexity index is 3130. The number of aryl methyl sites for hydroxylation is 6. The van der Waals surface area contributed by atoms with Crippen molar-refractivity contribution >= 4 is 45.2 Å². The van der Waals surface area contributed by atoms with Crippen LogP contribution in [0.5, 0.6) is 0 Å². The fourth-order valence-electron chi connectivity index (χ4n) is 6.68. The Labute approximate surface area is 349 Å².